The summed E-state index contributed by atoms with van der Waals surface area (Å²) >= 11 is 0. The zero-order valence-electron chi connectivity index (χ0n) is 17.6. The molecule has 7 nitrogen and oxygen atoms in total. The van der Waals surface area contributed by atoms with Gasteiger partial charge in [-0.3, -0.25) is 14.5 Å². The molecule has 0 bridgehead atoms. The molecule has 162 valence electrons. The lowest BCUT2D eigenvalue weighted by atomic mass is 9.90. The number of carbonyl (C=O) groups excluding carboxylic acids is 3. The number of amides is 2. The summed E-state index contributed by atoms with van der Waals surface area (Å²) in [6.45, 7) is 1.28. The minimum atomic E-state index is -0.922. The van der Waals surface area contributed by atoms with Gasteiger partial charge in [0.15, 0.2) is 13.2 Å². The first-order valence-corrected chi connectivity index (χ1v) is 10.6. The van der Waals surface area contributed by atoms with Gasteiger partial charge in [0.05, 0.1) is 11.4 Å². The van der Waals surface area contributed by atoms with E-state index < -0.39 is 24.0 Å². The Morgan fingerprint density at radius 2 is 1.74 bits per heavy atom. The third kappa shape index (κ3) is 4.00. The van der Waals surface area contributed by atoms with Crippen LogP contribution >= 0.6 is 0 Å². The Morgan fingerprint density at radius 1 is 1.03 bits per heavy atom. The second-order valence-electron chi connectivity index (χ2n) is 7.85. The van der Waals surface area contributed by atoms with Gasteiger partial charge in [0.2, 0.25) is 0 Å². The number of nitrogens with zero attached hydrogens (tertiary/aromatic N) is 1. The highest BCUT2D eigenvalue weighted by atomic mass is 16.6. The number of nitrogens with one attached hydrogen (secondary N) is 1. The molecule has 1 heterocycles. The monoisotopic (exact) mass is 422 g/mol. The van der Waals surface area contributed by atoms with Gasteiger partial charge in [-0.05, 0) is 43.0 Å². The third-order valence-corrected chi connectivity index (χ3v) is 5.98. The van der Waals surface area contributed by atoms with Gasteiger partial charge in [-0.1, -0.05) is 50.1 Å². The van der Waals surface area contributed by atoms with E-state index in [9.17, 15) is 14.4 Å². The first kappa shape index (κ1) is 20.9. The number of benzene rings is 2. The summed E-state index contributed by atoms with van der Waals surface area (Å²) in [7, 11) is 0. The molecule has 0 aromatic heterocycles. The van der Waals surface area contributed by atoms with E-state index in [0.717, 1.165) is 24.8 Å². The number of carbonyl (C=O) groups is 3. The predicted molar refractivity (Wildman–Crippen MR) is 116 cm³/mol. The van der Waals surface area contributed by atoms with Crippen LogP contribution in [0.4, 0.5) is 11.4 Å². The van der Waals surface area contributed by atoms with E-state index in [0.29, 0.717) is 30.0 Å². The van der Waals surface area contributed by atoms with Crippen molar-refractivity contribution in [3.05, 3.63) is 54.1 Å². The van der Waals surface area contributed by atoms with Crippen LogP contribution in [0.25, 0.3) is 0 Å². The SMILES string of the molecule is CCc1ccccc1OCC(=O)OCC(=O)N1c2ccccc2NC(=O)C12CCCC2. The topological polar surface area (TPSA) is 84.9 Å². The first-order chi connectivity index (χ1) is 15.0. The number of ether oxygens (including phenoxy) is 2. The van der Waals surface area contributed by atoms with Crippen LogP contribution < -0.4 is 15.0 Å². The summed E-state index contributed by atoms with van der Waals surface area (Å²) in [5, 5.41) is 2.93. The molecule has 1 N–H and O–H groups in total. The molecule has 1 aliphatic heterocycles. The van der Waals surface area contributed by atoms with Gasteiger partial charge in [0.25, 0.3) is 11.8 Å². The molecule has 0 unspecified atom stereocenters. The number of para-hydroxylation sites is 3. The van der Waals surface area contributed by atoms with Gasteiger partial charge in [-0.15, -0.1) is 0 Å². The van der Waals surface area contributed by atoms with Crippen molar-refractivity contribution in [2.75, 3.05) is 23.4 Å². The lowest BCUT2D eigenvalue weighted by Crippen LogP contribution is -2.61. The quantitative estimate of drug-likeness (QED) is 0.721. The first-order valence-electron chi connectivity index (χ1n) is 10.6. The Labute approximate surface area is 181 Å². The highest BCUT2D eigenvalue weighted by Crippen LogP contribution is 2.45. The second kappa shape index (κ2) is 8.79. The average Bonchev–Trinajstić information content (AvgIpc) is 3.27. The van der Waals surface area contributed by atoms with E-state index in [1.54, 1.807) is 24.3 Å². The molecule has 2 amide bonds. The lowest BCUT2D eigenvalue weighted by Gasteiger charge is -2.44. The molecule has 1 spiro atoms. The molecule has 1 saturated carbocycles. The zero-order chi connectivity index (χ0) is 21.8. The largest absolute Gasteiger partial charge is 0.482 e. The Balaban J connectivity index is 1.44. The summed E-state index contributed by atoms with van der Waals surface area (Å²) < 4.78 is 10.8. The summed E-state index contributed by atoms with van der Waals surface area (Å²) in [4.78, 5) is 39.9. The van der Waals surface area contributed by atoms with Crippen LogP contribution in [-0.4, -0.2) is 36.5 Å². The number of rotatable bonds is 6. The fraction of sp³-hybridized carbons (Fsp3) is 0.375. The maximum absolute atomic E-state index is 13.2. The predicted octanol–water partition coefficient (Wildman–Crippen LogP) is 3.47. The highest BCUT2D eigenvalue weighted by molar-refractivity contribution is 6.15. The molecule has 31 heavy (non-hydrogen) atoms. The summed E-state index contributed by atoms with van der Waals surface area (Å²) in [6, 6.07) is 14.7. The van der Waals surface area contributed by atoms with Gasteiger partial charge < -0.3 is 14.8 Å². The highest BCUT2D eigenvalue weighted by Gasteiger charge is 2.52. The van der Waals surface area contributed by atoms with Crippen molar-refractivity contribution in [2.45, 2.75) is 44.6 Å². The standard InChI is InChI=1S/C24H26N2O5/c1-2-17-9-3-6-12-20(17)30-16-22(28)31-15-21(27)26-19-11-5-4-10-18(19)25-23(29)24(26)13-7-8-14-24/h3-6,9-12H,2,7-8,13-16H2,1H3,(H,25,29). The molecule has 2 aliphatic rings. The van der Waals surface area contributed by atoms with Crippen LogP contribution in [-0.2, 0) is 25.5 Å². The van der Waals surface area contributed by atoms with E-state index in [4.69, 9.17) is 9.47 Å². The third-order valence-electron chi connectivity index (χ3n) is 5.98. The van der Waals surface area contributed by atoms with Gasteiger partial charge >= 0.3 is 5.97 Å². The Bertz CT molecular complexity index is 997. The van der Waals surface area contributed by atoms with Gasteiger partial charge in [-0.25, -0.2) is 4.79 Å². The molecule has 0 atom stereocenters. The average molecular weight is 422 g/mol. The van der Waals surface area contributed by atoms with Crippen LogP contribution in [0.1, 0.15) is 38.2 Å². The van der Waals surface area contributed by atoms with Crippen LogP contribution in [0.5, 0.6) is 5.75 Å². The number of hydrogen-bond acceptors (Lipinski definition) is 5. The van der Waals surface area contributed by atoms with Gasteiger partial charge in [0, 0.05) is 0 Å². The Morgan fingerprint density at radius 3 is 2.52 bits per heavy atom. The van der Waals surface area contributed by atoms with Crippen molar-refractivity contribution in [2.24, 2.45) is 0 Å². The molecule has 7 heteroatoms. The van der Waals surface area contributed by atoms with E-state index in [1.165, 1.54) is 4.90 Å². The van der Waals surface area contributed by atoms with Crippen LogP contribution in [0.3, 0.4) is 0 Å². The van der Waals surface area contributed by atoms with Gasteiger partial charge in [0.1, 0.15) is 11.3 Å². The van der Waals surface area contributed by atoms with Gasteiger partial charge in [-0.2, -0.15) is 0 Å². The fourth-order valence-corrected chi connectivity index (χ4v) is 4.45. The molecule has 1 fully saturated rings. The van der Waals surface area contributed by atoms with E-state index >= 15 is 0 Å². The van der Waals surface area contributed by atoms with Crippen LogP contribution in [0.15, 0.2) is 48.5 Å². The zero-order valence-corrected chi connectivity index (χ0v) is 17.6. The van der Waals surface area contributed by atoms with Crippen LogP contribution in [0, 0.1) is 0 Å². The molecular formula is C24H26N2O5. The minimum Gasteiger partial charge on any atom is -0.482 e. The number of aryl methyl sites for hydroxylation is 1. The van der Waals surface area contributed by atoms with Crippen molar-refractivity contribution in [3.8, 4) is 5.75 Å². The lowest BCUT2D eigenvalue weighted by molar-refractivity contribution is -0.150. The summed E-state index contributed by atoms with van der Waals surface area (Å²) in [5.41, 5.74) is 1.29. The number of esters is 1. The molecule has 0 saturated heterocycles. The molecular weight excluding hydrogens is 396 g/mol. The Kier molecular flexibility index (Phi) is 5.93. The molecule has 2 aromatic rings. The number of fused-ring (bicyclic) bond motifs is 1. The van der Waals surface area contributed by atoms with Crippen molar-refractivity contribution in [1.82, 2.24) is 0 Å². The maximum atomic E-state index is 13.2. The molecule has 1 aliphatic carbocycles. The fourth-order valence-electron chi connectivity index (χ4n) is 4.45. The molecule has 2 aromatic carbocycles. The van der Waals surface area contributed by atoms with E-state index in [-0.39, 0.29) is 12.5 Å². The minimum absolute atomic E-state index is 0.178. The van der Waals surface area contributed by atoms with E-state index in [2.05, 4.69) is 5.32 Å². The number of anilines is 2. The van der Waals surface area contributed by atoms with Crippen molar-refractivity contribution < 1.29 is 23.9 Å². The smallest absolute Gasteiger partial charge is 0.344 e. The summed E-state index contributed by atoms with van der Waals surface area (Å²) in [6.07, 6.45) is 3.68. The molecule has 4 rings (SSSR count). The van der Waals surface area contributed by atoms with Crippen molar-refractivity contribution >= 4 is 29.2 Å². The maximum Gasteiger partial charge on any atom is 0.344 e. The summed E-state index contributed by atoms with van der Waals surface area (Å²) in [5.74, 6) is -0.594. The molecule has 0 radical (unpaired) electrons. The van der Waals surface area contributed by atoms with E-state index in [1.807, 2.05) is 31.2 Å². The van der Waals surface area contributed by atoms with Crippen LogP contribution in [0.2, 0.25) is 0 Å². The normalized spacial score (nSPS) is 16.5. The van der Waals surface area contributed by atoms with Crippen molar-refractivity contribution in [1.29, 1.82) is 0 Å². The van der Waals surface area contributed by atoms with Crippen molar-refractivity contribution in [3.63, 3.8) is 0 Å². The second-order valence-corrected chi connectivity index (χ2v) is 7.85. The Hall–Kier alpha value is -3.35. The number of hydrogen-bond donors (Lipinski definition) is 1.